The molecule has 1 N–H and O–H groups in total. The molecule has 29 heavy (non-hydrogen) atoms. The highest BCUT2D eigenvalue weighted by atomic mass is 16.5. The number of fused-ring (bicyclic) bond motifs is 7. The summed E-state index contributed by atoms with van der Waals surface area (Å²) >= 11 is 0. The van der Waals surface area contributed by atoms with E-state index in [1.807, 2.05) is 0 Å². The molecule has 0 saturated carbocycles. The van der Waals surface area contributed by atoms with Gasteiger partial charge < -0.3 is 14.8 Å². The molecule has 0 aromatic heterocycles. The standard InChI is InChI=1S/C25H36N2O2/c1-5-17-15-27-11-9-18(17)12-22(27)24-25(10-8-16(2)3)14-23(29-24)26-21-7-6-19(28-4)13-20(21)25/h5-7,13,16-18,22-24,26H,1,8-12,14-15H2,2-4H3/t17-,18-,22-,23-,24-,25+/m0/s1. The van der Waals surface area contributed by atoms with Crippen LogP contribution in [0.1, 0.15) is 51.5 Å². The fourth-order valence-corrected chi connectivity index (χ4v) is 6.59. The summed E-state index contributed by atoms with van der Waals surface area (Å²) in [5, 5.41) is 3.67. The Balaban J connectivity index is 1.54. The molecule has 1 aromatic carbocycles. The number of hydrogen-bond donors (Lipinski definition) is 1. The highest BCUT2D eigenvalue weighted by molar-refractivity contribution is 5.61. The maximum atomic E-state index is 6.82. The molecular formula is C25H36N2O2. The van der Waals surface area contributed by atoms with Crippen LogP contribution in [0, 0.1) is 17.8 Å². The summed E-state index contributed by atoms with van der Waals surface area (Å²) < 4.78 is 12.4. The minimum atomic E-state index is 0.0792. The predicted molar refractivity (Wildman–Crippen MR) is 117 cm³/mol. The summed E-state index contributed by atoms with van der Waals surface area (Å²) in [6.45, 7) is 11.2. The molecule has 1 unspecified atom stereocenters. The van der Waals surface area contributed by atoms with Crippen molar-refractivity contribution in [2.24, 2.45) is 17.8 Å². The molecule has 0 spiro atoms. The van der Waals surface area contributed by atoms with Gasteiger partial charge in [0.2, 0.25) is 0 Å². The first-order chi connectivity index (χ1) is 14.0. The van der Waals surface area contributed by atoms with Crippen molar-refractivity contribution in [3.05, 3.63) is 36.4 Å². The summed E-state index contributed by atoms with van der Waals surface area (Å²) in [4.78, 5) is 2.72. The van der Waals surface area contributed by atoms with Crippen molar-refractivity contribution in [3.8, 4) is 5.75 Å². The molecular weight excluding hydrogens is 360 g/mol. The summed E-state index contributed by atoms with van der Waals surface area (Å²) in [7, 11) is 1.77. The molecule has 7 atom stereocenters. The van der Waals surface area contributed by atoms with Gasteiger partial charge >= 0.3 is 0 Å². The van der Waals surface area contributed by atoms with E-state index in [-0.39, 0.29) is 17.7 Å². The molecule has 5 aliphatic heterocycles. The summed E-state index contributed by atoms with van der Waals surface area (Å²) in [6.07, 6.45) is 8.62. The van der Waals surface area contributed by atoms with Crippen molar-refractivity contribution in [2.45, 2.75) is 69.7 Å². The lowest BCUT2D eigenvalue weighted by Gasteiger charge is -2.53. The Labute approximate surface area is 175 Å². The van der Waals surface area contributed by atoms with Crippen LogP contribution in [-0.4, -0.2) is 43.5 Å². The van der Waals surface area contributed by atoms with Crippen molar-refractivity contribution in [3.63, 3.8) is 0 Å². The first-order valence-electron chi connectivity index (χ1n) is 11.5. The number of ether oxygens (including phenoxy) is 2. The zero-order valence-electron chi connectivity index (χ0n) is 18.2. The van der Waals surface area contributed by atoms with Gasteiger partial charge in [0, 0.05) is 30.1 Å². The van der Waals surface area contributed by atoms with Crippen LogP contribution in [-0.2, 0) is 10.2 Å². The summed E-state index contributed by atoms with van der Waals surface area (Å²) in [6, 6.07) is 7.06. The molecule has 158 valence electrons. The third kappa shape index (κ3) is 3.11. The lowest BCUT2D eigenvalue weighted by atomic mass is 9.63. The smallest absolute Gasteiger partial charge is 0.129 e. The Morgan fingerprint density at radius 2 is 2.28 bits per heavy atom. The van der Waals surface area contributed by atoms with Gasteiger partial charge in [0.05, 0.1) is 13.2 Å². The molecule has 1 aromatic rings. The molecule has 0 radical (unpaired) electrons. The van der Waals surface area contributed by atoms with Gasteiger partial charge in [0.25, 0.3) is 0 Å². The van der Waals surface area contributed by atoms with Gasteiger partial charge in [-0.15, -0.1) is 6.58 Å². The predicted octanol–water partition coefficient (Wildman–Crippen LogP) is 4.81. The number of anilines is 1. The van der Waals surface area contributed by atoms with Gasteiger partial charge in [0.1, 0.15) is 12.0 Å². The zero-order valence-corrected chi connectivity index (χ0v) is 18.2. The Hall–Kier alpha value is -1.52. The molecule has 6 rings (SSSR count). The van der Waals surface area contributed by atoms with E-state index in [4.69, 9.17) is 9.47 Å². The van der Waals surface area contributed by atoms with Crippen molar-refractivity contribution < 1.29 is 9.47 Å². The van der Waals surface area contributed by atoms with Crippen molar-refractivity contribution in [1.29, 1.82) is 0 Å². The van der Waals surface area contributed by atoms with Gasteiger partial charge in [-0.05, 0) is 67.3 Å². The van der Waals surface area contributed by atoms with Crippen LogP contribution in [0.2, 0.25) is 0 Å². The van der Waals surface area contributed by atoms with Crippen molar-refractivity contribution >= 4 is 5.69 Å². The van der Waals surface area contributed by atoms with Gasteiger partial charge in [0.15, 0.2) is 0 Å². The SMILES string of the molecule is C=C[C@H]1CN2CC[C@H]1C[C@H]2[C@@H]1O[C@H]2C[C@]1(CCC(C)C)c1cc(OC)ccc1N2. The van der Waals surface area contributed by atoms with Crippen LogP contribution in [0.15, 0.2) is 30.9 Å². The molecule has 4 bridgehead atoms. The second-order valence-electron chi connectivity index (χ2n) is 10.1. The molecule has 4 saturated heterocycles. The molecule has 0 aliphatic carbocycles. The fourth-order valence-electron chi connectivity index (χ4n) is 6.59. The number of benzene rings is 1. The van der Waals surface area contributed by atoms with E-state index < -0.39 is 0 Å². The Morgan fingerprint density at radius 1 is 1.41 bits per heavy atom. The minimum Gasteiger partial charge on any atom is -0.497 e. The van der Waals surface area contributed by atoms with E-state index in [0.717, 1.165) is 24.6 Å². The quantitative estimate of drug-likeness (QED) is 0.700. The maximum Gasteiger partial charge on any atom is 0.129 e. The van der Waals surface area contributed by atoms with E-state index in [2.05, 4.69) is 54.9 Å². The van der Waals surface area contributed by atoms with E-state index in [0.29, 0.717) is 17.9 Å². The number of methoxy groups -OCH3 is 1. The average molecular weight is 397 g/mol. The highest BCUT2D eigenvalue weighted by Gasteiger charge is 2.58. The van der Waals surface area contributed by atoms with E-state index in [1.54, 1.807) is 7.11 Å². The number of hydrogen-bond acceptors (Lipinski definition) is 4. The molecule has 4 heteroatoms. The zero-order chi connectivity index (χ0) is 20.2. The van der Waals surface area contributed by atoms with Gasteiger partial charge in [-0.25, -0.2) is 0 Å². The first kappa shape index (κ1) is 19.4. The monoisotopic (exact) mass is 396 g/mol. The van der Waals surface area contributed by atoms with E-state index >= 15 is 0 Å². The maximum absolute atomic E-state index is 6.82. The van der Waals surface area contributed by atoms with Crippen molar-refractivity contribution in [1.82, 2.24) is 4.90 Å². The lowest BCUT2D eigenvalue weighted by molar-refractivity contribution is -0.0798. The third-order valence-electron chi connectivity index (χ3n) is 8.16. The molecule has 5 aliphatic rings. The molecule has 0 amide bonds. The Kier molecular flexibility index (Phi) is 4.90. The molecule has 5 heterocycles. The van der Waals surface area contributed by atoms with Crippen LogP contribution >= 0.6 is 0 Å². The van der Waals surface area contributed by atoms with Crippen LogP contribution < -0.4 is 10.1 Å². The summed E-state index contributed by atoms with van der Waals surface area (Å²) in [5.74, 6) is 3.07. The molecule has 4 fully saturated rings. The normalized spacial score (nSPS) is 39.9. The Morgan fingerprint density at radius 3 is 2.97 bits per heavy atom. The second kappa shape index (κ2) is 7.31. The molecule has 4 nitrogen and oxygen atoms in total. The number of nitrogens with zero attached hydrogens (tertiary/aromatic N) is 1. The van der Waals surface area contributed by atoms with Gasteiger partial charge in [-0.1, -0.05) is 26.3 Å². The van der Waals surface area contributed by atoms with Crippen LogP contribution in [0.5, 0.6) is 5.75 Å². The van der Waals surface area contributed by atoms with E-state index in [9.17, 15) is 0 Å². The van der Waals surface area contributed by atoms with Crippen molar-refractivity contribution in [2.75, 3.05) is 25.5 Å². The van der Waals surface area contributed by atoms with Gasteiger partial charge in [-0.2, -0.15) is 0 Å². The first-order valence-corrected chi connectivity index (χ1v) is 11.5. The second-order valence-corrected chi connectivity index (χ2v) is 10.1. The van der Waals surface area contributed by atoms with Crippen LogP contribution in [0.25, 0.3) is 0 Å². The highest BCUT2D eigenvalue weighted by Crippen LogP contribution is 2.55. The lowest BCUT2D eigenvalue weighted by Crippen LogP contribution is -2.60. The number of rotatable bonds is 6. The topological polar surface area (TPSA) is 33.7 Å². The Bertz CT molecular complexity index is 778. The average Bonchev–Trinajstić information content (AvgIpc) is 3.06. The summed E-state index contributed by atoms with van der Waals surface area (Å²) in [5.41, 5.74) is 2.74. The number of piperidine rings is 3. The van der Waals surface area contributed by atoms with Gasteiger partial charge in [-0.3, -0.25) is 4.90 Å². The minimum absolute atomic E-state index is 0.0792. The van der Waals surface area contributed by atoms with E-state index in [1.165, 1.54) is 43.5 Å². The number of nitrogens with one attached hydrogen (secondary N) is 1. The third-order valence-corrected chi connectivity index (χ3v) is 8.16. The fraction of sp³-hybridized carbons (Fsp3) is 0.680. The van der Waals surface area contributed by atoms with Crippen LogP contribution in [0.3, 0.4) is 0 Å². The van der Waals surface area contributed by atoms with Crippen LogP contribution in [0.4, 0.5) is 5.69 Å². The largest absolute Gasteiger partial charge is 0.497 e.